The molecule has 3 rings (SSSR count). The first-order chi connectivity index (χ1) is 10.3. The smallest absolute Gasteiger partial charge is 0.130 e. The number of benzene rings is 1. The van der Waals surface area contributed by atoms with Crippen molar-refractivity contribution >= 4 is 11.5 Å². The number of aromatic nitrogens is 1. The van der Waals surface area contributed by atoms with Gasteiger partial charge in [0.15, 0.2) is 0 Å². The predicted octanol–water partition coefficient (Wildman–Crippen LogP) is 3.77. The molecule has 3 heteroatoms. The molecule has 1 N–H and O–H groups in total. The summed E-state index contributed by atoms with van der Waals surface area (Å²) >= 11 is 0. The Morgan fingerprint density at radius 3 is 3.05 bits per heavy atom. The zero-order valence-electron chi connectivity index (χ0n) is 12.9. The molecule has 0 saturated carbocycles. The van der Waals surface area contributed by atoms with E-state index in [0.29, 0.717) is 0 Å². The van der Waals surface area contributed by atoms with Crippen molar-refractivity contribution in [3.63, 3.8) is 0 Å². The van der Waals surface area contributed by atoms with Gasteiger partial charge in [-0.15, -0.1) is 0 Å². The van der Waals surface area contributed by atoms with E-state index in [9.17, 15) is 0 Å². The molecule has 0 bridgehead atoms. The molecule has 21 heavy (non-hydrogen) atoms. The number of pyridine rings is 1. The molecule has 0 radical (unpaired) electrons. The Labute approximate surface area is 127 Å². The molecule has 2 heterocycles. The number of hydrogen-bond acceptors (Lipinski definition) is 3. The van der Waals surface area contributed by atoms with Crippen molar-refractivity contribution in [2.24, 2.45) is 0 Å². The van der Waals surface area contributed by atoms with Gasteiger partial charge < -0.3 is 10.2 Å². The zero-order chi connectivity index (χ0) is 14.7. The summed E-state index contributed by atoms with van der Waals surface area (Å²) in [5, 5.41) is 3.36. The van der Waals surface area contributed by atoms with E-state index in [1.807, 2.05) is 12.3 Å². The highest BCUT2D eigenvalue weighted by Gasteiger charge is 2.18. The summed E-state index contributed by atoms with van der Waals surface area (Å²) in [6, 6.07) is 11.0. The molecule has 1 aliphatic heterocycles. The fourth-order valence-corrected chi connectivity index (χ4v) is 3.07. The number of anilines is 2. The van der Waals surface area contributed by atoms with Gasteiger partial charge in [0, 0.05) is 37.1 Å². The maximum absolute atomic E-state index is 4.47. The van der Waals surface area contributed by atoms with Crippen LogP contribution in [0.15, 0.2) is 36.5 Å². The molecule has 0 saturated heterocycles. The van der Waals surface area contributed by atoms with Crippen LogP contribution >= 0.6 is 0 Å². The van der Waals surface area contributed by atoms with Gasteiger partial charge in [-0.1, -0.05) is 23.8 Å². The molecular weight excluding hydrogens is 258 g/mol. The van der Waals surface area contributed by atoms with Crippen molar-refractivity contribution in [1.82, 2.24) is 4.98 Å². The van der Waals surface area contributed by atoms with Crippen LogP contribution in [0.2, 0.25) is 0 Å². The third-order valence-electron chi connectivity index (χ3n) is 4.05. The van der Waals surface area contributed by atoms with Crippen molar-refractivity contribution in [2.75, 3.05) is 23.3 Å². The number of fused-ring (bicyclic) bond motifs is 1. The van der Waals surface area contributed by atoms with Crippen LogP contribution in [0.4, 0.5) is 11.5 Å². The predicted molar refractivity (Wildman–Crippen MR) is 89.0 cm³/mol. The van der Waals surface area contributed by atoms with Gasteiger partial charge in [0.05, 0.1) is 0 Å². The van der Waals surface area contributed by atoms with E-state index < -0.39 is 0 Å². The fraction of sp³-hybridized carbons (Fsp3) is 0.389. The Hall–Kier alpha value is -2.03. The molecule has 0 spiro atoms. The molecule has 1 aliphatic rings. The van der Waals surface area contributed by atoms with Crippen LogP contribution in [-0.2, 0) is 13.0 Å². The van der Waals surface area contributed by atoms with Crippen LogP contribution in [0.25, 0.3) is 0 Å². The van der Waals surface area contributed by atoms with Crippen LogP contribution in [-0.4, -0.2) is 18.1 Å². The van der Waals surface area contributed by atoms with E-state index in [4.69, 9.17) is 0 Å². The molecule has 0 amide bonds. The average Bonchev–Trinajstić information content (AvgIpc) is 2.49. The minimum absolute atomic E-state index is 0.903. The number of nitrogens with zero attached hydrogens (tertiary/aromatic N) is 2. The lowest BCUT2D eigenvalue weighted by Crippen LogP contribution is -2.29. The van der Waals surface area contributed by atoms with Crippen LogP contribution in [0.5, 0.6) is 0 Å². The Balaban J connectivity index is 1.87. The van der Waals surface area contributed by atoms with Crippen molar-refractivity contribution < 1.29 is 0 Å². The Kier molecular flexibility index (Phi) is 4.09. The van der Waals surface area contributed by atoms with Gasteiger partial charge in [-0.05, 0) is 44.4 Å². The van der Waals surface area contributed by atoms with Gasteiger partial charge in [-0.25, -0.2) is 4.98 Å². The minimum Gasteiger partial charge on any atom is -0.370 e. The lowest BCUT2D eigenvalue weighted by molar-refractivity contribution is 0.690. The van der Waals surface area contributed by atoms with E-state index in [0.717, 1.165) is 25.5 Å². The first-order valence-corrected chi connectivity index (χ1v) is 7.80. The minimum atomic E-state index is 0.903. The van der Waals surface area contributed by atoms with Crippen molar-refractivity contribution in [3.05, 3.63) is 53.2 Å². The first-order valence-electron chi connectivity index (χ1n) is 7.80. The van der Waals surface area contributed by atoms with E-state index in [1.165, 1.54) is 35.2 Å². The lowest BCUT2D eigenvalue weighted by Gasteiger charge is -2.32. The summed E-state index contributed by atoms with van der Waals surface area (Å²) in [4.78, 5) is 6.95. The number of rotatable bonds is 4. The van der Waals surface area contributed by atoms with Crippen LogP contribution < -0.4 is 10.2 Å². The molecule has 1 aromatic heterocycles. The van der Waals surface area contributed by atoms with Gasteiger partial charge >= 0.3 is 0 Å². The molecule has 1 aromatic carbocycles. The normalized spacial score (nSPS) is 13.9. The van der Waals surface area contributed by atoms with E-state index in [2.05, 4.69) is 53.3 Å². The van der Waals surface area contributed by atoms with Crippen LogP contribution in [0.3, 0.4) is 0 Å². The SMILES string of the molecule is CCNc1ncccc1CN1CCCc2cc(C)ccc21. The third-order valence-corrected chi connectivity index (χ3v) is 4.05. The molecule has 0 unspecified atom stereocenters. The Morgan fingerprint density at radius 1 is 1.29 bits per heavy atom. The summed E-state index contributed by atoms with van der Waals surface area (Å²) in [6.07, 6.45) is 4.28. The maximum atomic E-state index is 4.47. The maximum Gasteiger partial charge on any atom is 0.130 e. The highest BCUT2D eigenvalue weighted by atomic mass is 15.1. The second-order valence-electron chi connectivity index (χ2n) is 5.70. The standard InChI is InChI=1S/C18H23N3/c1-3-19-18-16(6-4-10-20-18)13-21-11-5-7-15-12-14(2)8-9-17(15)21/h4,6,8-10,12H,3,5,7,11,13H2,1-2H3,(H,19,20). The summed E-state index contributed by atoms with van der Waals surface area (Å²) in [7, 11) is 0. The van der Waals surface area contributed by atoms with Crippen molar-refractivity contribution in [1.29, 1.82) is 0 Å². The van der Waals surface area contributed by atoms with Gasteiger partial charge in [0.2, 0.25) is 0 Å². The average molecular weight is 281 g/mol. The third kappa shape index (κ3) is 3.02. The quantitative estimate of drug-likeness (QED) is 0.924. The number of aryl methyl sites for hydroxylation is 2. The van der Waals surface area contributed by atoms with Gasteiger partial charge in [-0.3, -0.25) is 0 Å². The fourth-order valence-electron chi connectivity index (χ4n) is 3.07. The lowest BCUT2D eigenvalue weighted by atomic mass is 9.99. The van der Waals surface area contributed by atoms with Crippen LogP contribution in [0.1, 0.15) is 30.0 Å². The number of nitrogens with one attached hydrogen (secondary N) is 1. The largest absolute Gasteiger partial charge is 0.370 e. The second kappa shape index (κ2) is 6.17. The molecule has 0 aliphatic carbocycles. The van der Waals surface area contributed by atoms with Gasteiger partial charge in [0.1, 0.15) is 5.82 Å². The summed E-state index contributed by atoms with van der Waals surface area (Å²) < 4.78 is 0. The highest BCUT2D eigenvalue weighted by molar-refractivity contribution is 5.58. The summed E-state index contributed by atoms with van der Waals surface area (Å²) in [5.74, 6) is 1.01. The Bertz CT molecular complexity index is 622. The van der Waals surface area contributed by atoms with E-state index >= 15 is 0 Å². The molecular formula is C18H23N3. The topological polar surface area (TPSA) is 28.2 Å². The zero-order valence-corrected chi connectivity index (χ0v) is 12.9. The van der Waals surface area contributed by atoms with Crippen molar-refractivity contribution in [2.45, 2.75) is 33.2 Å². The highest BCUT2D eigenvalue weighted by Crippen LogP contribution is 2.30. The molecule has 3 nitrogen and oxygen atoms in total. The van der Waals surface area contributed by atoms with Gasteiger partial charge in [-0.2, -0.15) is 0 Å². The molecule has 0 atom stereocenters. The second-order valence-corrected chi connectivity index (χ2v) is 5.70. The van der Waals surface area contributed by atoms with E-state index in [1.54, 1.807) is 0 Å². The van der Waals surface area contributed by atoms with E-state index in [-0.39, 0.29) is 0 Å². The van der Waals surface area contributed by atoms with Crippen molar-refractivity contribution in [3.8, 4) is 0 Å². The summed E-state index contributed by atoms with van der Waals surface area (Å²) in [6.45, 7) is 7.23. The summed E-state index contributed by atoms with van der Waals surface area (Å²) in [5.41, 5.74) is 5.49. The first kappa shape index (κ1) is 13.9. The molecule has 110 valence electrons. The number of hydrogen-bond donors (Lipinski definition) is 1. The molecule has 2 aromatic rings. The monoisotopic (exact) mass is 281 g/mol. The van der Waals surface area contributed by atoms with Crippen LogP contribution in [0, 0.1) is 6.92 Å². The Morgan fingerprint density at radius 2 is 2.19 bits per heavy atom. The molecule has 0 fully saturated rings. The van der Waals surface area contributed by atoms with Gasteiger partial charge in [0.25, 0.3) is 0 Å².